The summed E-state index contributed by atoms with van der Waals surface area (Å²) in [7, 11) is 0. The van der Waals surface area contributed by atoms with Gasteiger partial charge < -0.3 is 20.4 Å². The molecule has 1 rings (SSSR count). The molecule has 0 saturated carbocycles. The molecule has 11 heteroatoms. The maximum Gasteiger partial charge on any atom is 0.317 e. The molecule has 4 N–H and O–H groups in total. The minimum absolute atomic E-state index is 0.142. The summed E-state index contributed by atoms with van der Waals surface area (Å²) >= 11 is 0. The zero-order valence-electron chi connectivity index (χ0n) is 13.0. The van der Waals surface area contributed by atoms with Crippen molar-refractivity contribution in [3.63, 3.8) is 0 Å². The number of carbonyl (C=O) groups is 4. The predicted molar refractivity (Wildman–Crippen MR) is 78.8 cm³/mol. The number of nitrogens with zero attached hydrogens (tertiary/aromatic N) is 3. The van der Waals surface area contributed by atoms with Crippen LogP contribution >= 0.6 is 0 Å². The third-order valence-corrected chi connectivity index (χ3v) is 3.58. The highest BCUT2D eigenvalue weighted by Crippen LogP contribution is 2.10. The van der Waals surface area contributed by atoms with E-state index in [0.717, 1.165) is 0 Å². The Kier molecular flexibility index (Phi) is 7.55. The highest BCUT2D eigenvalue weighted by Gasteiger charge is 2.31. The SMILES string of the molecule is O=C(O)CN1CCN(CC(=O)O)CC(N(CC(=O)O)CC(=O)O)C1. The first-order valence-corrected chi connectivity index (χ1v) is 7.23. The highest BCUT2D eigenvalue weighted by molar-refractivity contribution is 5.73. The summed E-state index contributed by atoms with van der Waals surface area (Å²) in [5, 5.41) is 35.8. The van der Waals surface area contributed by atoms with Gasteiger partial charge in [0.2, 0.25) is 0 Å². The Balaban J connectivity index is 2.95. The first-order valence-electron chi connectivity index (χ1n) is 7.23. The van der Waals surface area contributed by atoms with Crippen molar-refractivity contribution in [2.24, 2.45) is 0 Å². The Bertz CT molecular complexity index is 456. The van der Waals surface area contributed by atoms with E-state index in [4.69, 9.17) is 20.4 Å². The normalized spacial score (nSPS) is 17.5. The van der Waals surface area contributed by atoms with Crippen LogP contribution in [-0.2, 0) is 19.2 Å². The minimum atomic E-state index is -1.21. The van der Waals surface area contributed by atoms with Crippen LogP contribution in [0.1, 0.15) is 0 Å². The summed E-state index contributed by atoms with van der Waals surface area (Å²) in [6.07, 6.45) is 0. The fourth-order valence-electron chi connectivity index (χ4n) is 2.68. The van der Waals surface area contributed by atoms with Crippen LogP contribution in [0.2, 0.25) is 0 Å². The zero-order chi connectivity index (χ0) is 18.3. The Hall–Kier alpha value is -2.24. The van der Waals surface area contributed by atoms with E-state index in [1.165, 1.54) is 4.90 Å². The van der Waals surface area contributed by atoms with Gasteiger partial charge >= 0.3 is 23.9 Å². The second-order valence-corrected chi connectivity index (χ2v) is 5.60. The molecule has 0 aliphatic carbocycles. The number of carboxylic acids is 4. The zero-order valence-corrected chi connectivity index (χ0v) is 13.0. The number of hydrogen-bond donors (Lipinski definition) is 4. The average molecular weight is 347 g/mol. The van der Waals surface area contributed by atoms with Crippen molar-refractivity contribution in [2.45, 2.75) is 6.04 Å². The summed E-state index contributed by atoms with van der Waals surface area (Å²) in [6, 6.07) is -0.613. The van der Waals surface area contributed by atoms with E-state index in [9.17, 15) is 19.2 Å². The van der Waals surface area contributed by atoms with Crippen molar-refractivity contribution in [1.82, 2.24) is 14.7 Å². The summed E-state index contributed by atoms with van der Waals surface area (Å²) in [5.41, 5.74) is 0. The summed E-state index contributed by atoms with van der Waals surface area (Å²) in [6.45, 7) is -0.756. The molecule has 136 valence electrons. The predicted octanol–water partition coefficient (Wildman–Crippen LogP) is -2.39. The van der Waals surface area contributed by atoms with Gasteiger partial charge in [-0.05, 0) is 0 Å². The number of rotatable bonds is 9. The lowest BCUT2D eigenvalue weighted by atomic mass is 10.2. The Morgan fingerprint density at radius 3 is 1.42 bits per heavy atom. The maximum atomic E-state index is 11.0. The number of hydrogen-bond acceptors (Lipinski definition) is 7. The molecule has 0 bridgehead atoms. The fourth-order valence-corrected chi connectivity index (χ4v) is 2.68. The van der Waals surface area contributed by atoms with Crippen LogP contribution in [0.3, 0.4) is 0 Å². The monoisotopic (exact) mass is 347 g/mol. The van der Waals surface area contributed by atoms with Gasteiger partial charge in [0.15, 0.2) is 0 Å². The first-order chi connectivity index (χ1) is 11.2. The van der Waals surface area contributed by atoms with Crippen LogP contribution in [0.15, 0.2) is 0 Å². The van der Waals surface area contributed by atoms with Crippen molar-refractivity contribution in [3.8, 4) is 0 Å². The molecule has 1 aliphatic heterocycles. The molecule has 0 amide bonds. The van der Waals surface area contributed by atoms with Gasteiger partial charge in [0.05, 0.1) is 26.2 Å². The van der Waals surface area contributed by atoms with Crippen molar-refractivity contribution in [1.29, 1.82) is 0 Å². The second kappa shape index (κ2) is 9.15. The minimum Gasteiger partial charge on any atom is -0.480 e. The lowest BCUT2D eigenvalue weighted by Crippen LogP contribution is -2.51. The summed E-state index contributed by atoms with van der Waals surface area (Å²) < 4.78 is 0. The largest absolute Gasteiger partial charge is 0.480 e. The van der Waals surface area contributed by atoms with Crippen LogP contribution < -0.4 is 0 Å². The van der Waals surface area contributed by atoms with Crippen LogP contribution in [0, 0.1) is 0 Å². The van der Waals surface area contributed by atoms with Crippen molar-refractivity contribution < 1.29 is 39.6 Å². The van der Waals surface area contributed by atoms with Crippen molar-refractivity contribution in [2.75, 3.05) is 52.4 Å². The molecular weight excluding hydrogens is 326 g/mol. The van der Waals surface area contributed by atoms with E-state index in [2.05, 4.69) is 0 Å². The molecule has 1 heterocycles. The van der Waals surface area contributed by atoms with E-state index in [1.807, 2.05) is 0 Å². The standard InChI is InChI=1S/C13H21N3O8/c17-10(18)5-14-1-2-15(6-11(19)20)4-9(3-14)16(7-12(21)22)8-13(23)24/h9H,1-8H2,(H,17,18)(H,19,20)(H,21,22)(H,23,24). The van der Waals surface area contributed by atoms with E-state index in [1.54, 1.807) is 9.80 Å². The molecule has 0 atom stereocenters. The molecular formula is C13H21N3O8. The molecule has 1 aliphatic rings. The first kappa shape index (κ1) is 19.8. The van der Waals surface area contributed by atoms with E-state index >= 15 is 0 Å². The lowest BCUT2D eigenvalue weighted by Gasteiger charge is -2.32. The van der Waals surface area contributed by atoms with Gasteiger partial charge in [0.25, 0.3) is 0 Å². The molecule has 0 aromatic carbocycles. The Morgan fingerprint density at radius 2 is 1.12 bits per heavy atom. The van der Waals surface area contributed by atoms with Gasteiger partial charge in [-0.2, -0.15) is 0 Å². The van der Waals surface area contributed by atoms with Crippen LogP contribution in [0.5, 0.6) is 0 Å². The van der Waals surface area contributed by atoms with Crippen LogP contribution in [0.4, 0.5) is 0 Å². The summed E-state index contributed by atoms with van der Waals surface area (Å²) in [5.74, 6) is -4.56. The topological polar surface area (TPSA) is 159 Å². The smallest absolute Gasteiger partial charge is 0.317 e. The molecule has 11 nitrogen and oxygen atoms in total. The van der Waals surface area contributed by atoms with Gasteiger partial charge in [-0.25, -0.2) is 0 Å². The Morgan fingerprint density at radius 1 is 0.750 bits per heavy atom. The molecule has 0 spiro atoms. The second-order valence-electron chi connectivity index (χ2n) is 5.60. The highest BCUT2D eigenvalue weighted by atomic mass is 16.4. The molecule has 1 saturated heterocycles. The van der Waals surface area contributed by atoms with Gasteiger partial charge in [-0.15, -0.1) is 0 Å². The molecule has 0 unspecified atom stereocenters. The third kappa shape index (κ3) is 7.35. The maximum absolute atomic E-state index is 11.0. The van der Waals surface area contributed by atoms with Gasteiger partial charge in [0, 0.05) is 32.2 Å². The Labute approximate surface area is 137 Å². The van der Waals surface area contributed by atoms with Crippen molar-refractivity contribution >= 4 is 23.9 Å². The number of carboxylic acid groups (broad SMARTS) is 4. The fraction of sp³-hybridized carbons (Fsp3) is 0.692. The molecule has 0 aromatic rings. The molecule has 0 radical (unpaired) electrons. The van der Waals surface area contributed by atoms with E-state index < -0.39 is 43.0 Å². The van der Waals surface area contributed by atoms with Crippen molar-refractivity contribution in [3.05, 3.63) is 0 Å². The molecule has 0 aromatic heterocycles. The van der Waals surface area contributed by atoms with Gasteiger partial charge in [0.1, 0.15) is 0 Å². The molecule has 1 fully saturated rings. The van der Waals surface area contributed by atoms with E-state index in [-0.39, 0.29) is 26.2 Å². The van der Waals surface area contributed by atoms with Gasteiger partial charge in [-0.1, -0.05) is 0 Å². The lowest BCUT2D eigenvalue weighted by molar-refractivity contribution is -0.145. The molecule has 24 heavy (non-hydrogen) atoms. The summed E-state index contributed by atoms with van der Waals surface area (Å²) in [4.78, 5) is 48.1. The average Bonchev–Trinajstić information content (AvgIpc) is 2.58. The van der Waals surface area contributed by atoms with Crippen LogP contribution in [0.25, 0.3) is 0 Å². The van der Waals surface area contributed by atoms with Gasteiger partial charge in [-0.3, -0.25) is 33.9 Å². The van der Waals surface area contributed by atoms with E-state index in [0.29, 0.717) is 13.1 Å². The third-order valence-electron chi connectivity index (χ3n) is 3.58. The van der Waals surface area contributed by atoms with Crippen LogP contribution in [-0.4, -0.2) is 117 Å². The quantitative estimate of drug-likeness (QED) is 0.352. The number of aliphatic carboxylic acids is 4.